The third-order valence-electron chi connectivity index (χ3n) is 2.89. The highest BCUT2D eigenvalue weighted by atomic mass is 32.1. The Morgan fingerprint density at radius 3 is 2.43 bits per heavy atom. The molecule has 0 unspecified atom stereocenters. The molecule has 118 valence electrons. The highest BCUT2D eigenvalue weighted by molar-refractivity contribution is 7.80. The molecule has 0 bridgehead atoms. The Labute approximate surface area is 140 Å². The van der Waals surface area contributed by atoms with E-state index in [0.29, 0.717) is 22.4 Å². The molecular formula is C16H18N6S. The average molecular weight is 326 g/mol. The summed E-state index contributed by atoms with van der Waals surface area (Å²) < 4.78 is 0. The van der Waals surface area contributed by atoms with Crippen LogP contribution in [0.15, 0.2) is 64.9 Å². The van der Waals surface area contributed by atoms with E-state index < -0.39 is 0 Å². The SMILES string of the molecule is CNC(=S)N/N=C(C)/C(=N/Nc1ccccn1)c1ccccc1. The molecule has 0 spiro atoms. The molecule has 1 aromatic carbocycles. The lowest BCUT2D eigenvalue weighted by Gasteiger charge is -2.08. The number of hydrazone groups is 2. The number of pyridine rings is 1. The number of thiocarbonyl (C=S) groups is 1. The van der Waals surface area contributed by atoms with Crippen molar-refractivity contribution in [1.29, 1.82) is 0 Å². The van der Waals surface area contributed by atoms with E-state index >= 15 is 0 Å². The summed E-state index contributed by atoms with van der Waals surface area (Å²) in [4.78, 5) is 4.19. The summed E-state index contributed by atoms with van der Waals surface area (Å²) >= 11 is 5.02. The normalized spacial score (nSPS) is 11.7. The van der Waals surface area contributed by atoms with Gasteiger partial charge in [-0.1, -0.05) is 36.4 Å². The van der Waals surface area contributed by atoms with Crippen LogP contribution in [0.4, 0.5) is 5.82 Å². The number of rotatable bonds is 5. The van der Waals surface area contributed by atoms with E-state index in [1.165, 1.54) is 0 Å². The van der Waals surface area contributed by atoms with E-state index in [-0.39, 0.29) is 0 Å². The fraction of sp³-hybridized carbons (Fsp3) is 0.125. The van der Waals surface area contributed by atoms with Gasteiger partial charge in [-0.05, 0) is 31.3 Å². The van der Waals surface area contributed by atoms with Gasteiger partial charge in [0.15, 0.2) is 5.11 Å². The lowest BCUT2D eigenvalue weighted by molar-refractivity contribution is 0.976. The van der Waals surface area contributed by atoms with Gasteiger partial charge >= 0.3 is 0 Å². The largest absolute Gasteiger partial charge is 0.364 e. The van der Waals surface area contributed by atoms with Gasteiger partial charge in [0.1, 0.15) is 11.5 Å². The zero-order chi connectivity index (χ0) is 16.5. The highest BCUT2D eigenvalue weighted by Crippen LogP contribution is 2.06. The minimum atomic E-state index is 0.439. The molecule has 0 saturated heterocycles. The molecule has 0 aliphatic heterocycles. The Morgan fingerprint density at radius 1 is 1.04 bits per heavy atom. The van der Waals surface area contributed by atoms with E-state index in [0.717, 1.165) is 5.56 Å². The Balaban J connectivity index is 2.27. The third kappa shape index (κ3) is 5.15. The first-order valence-corrected chi connectivity index (χ1v) is 7.44. The molecule has 3 N–H and O–H groups in total. The van der Waals surface area contributed by atoms with Crippen LogP contribution in [0.1, 0.15) is 12.5 Å². The van der Waals surface area contributed by atoms with E-state index in [1.807, 2.05) is 55.5 Å². The Bertz CT molecular complexity index is 697. The quantitative estimate of drug-likeness (QED) is 0.447. The zero-order valence-corrected chi connectivity index (χ0v) is 13.8. The van der Waals surface area contributed by atoms with Crippen molar-refractivity contribution in [3.8, 4) is 0 Å². The van der Waals surface area contributed by atoms with Gasteiger partial charge in [-0.25, -0.2) is 4.98 Å². The Kier molecular flexibility index (Phi) is 6.19. The molecule has 6 nitrogen and oxygen atoms in total. The molecule has 0 aliphatic rings. The summed E-state index contributed by atoms with van der Waals surface area (Å²) in [5.41, 5.74) is 8.04. The van der Waals surface area contributed by atoms with Crippen LogP contribution in [0.2, 0.25) is 0 Å². The first kappa shape index (κ1) is 16.6. The minimum Gasteiger partial charge on any atom is -0.364 e. The molecule has 0 radical (unpaired) electrons. The lowest BCUT2D eigenvalue weighted by atomic mass is 10.1. The molecule has 23 heavy (non-hydrogen) atoms. The number of hydrogen-bond acceptors (Lipinski definition) is 5. The van der Waals surface area contributed by atoms with Crippen LogP contribution in [-0.4, -0.2) is 28.6 Å². The highest BCUT2D eigenvalue weighted by Gasteiger charge is 2.08. The van der Waals surface area contributed by atoms with Gasteiger partial charge in [0.25, 0.3) is 0 Å². The van der Waals surface area contributed by atoms with Crippen molar-refractivity contribution in [3.05, 3.63) is 60.3 Å². The van der Waals surface area contributed by atoms with Crippen molar-refractivity contribution in [1.82, 2.24) is 15.7 Å². The maximum Gasteiger partial charge on any atom is 0.186 e. The first-order valence-electron chi connectivity index (χ1n) is 7.03. The molecule has 0 atom stereocenters. The fourth-order valence-electron chi connectivity index (χ4n) is 1.74. The molecule has 2 rings (SSSR count). The molecule has 1 heterocycles. The van der Waals surface area contributed by atoms with Crippen LogP contribution in [-0.2, 0) is 0 Å². The van der Waals surface area contributed by atoms with Crippen molar-refractivity contribution in [2.24, 2.45) is 10.2 Å². The van der Waals surface area contributed by atoms with Crippen LogP contribution < -0.4 is 16.2 Å². The van der Waals surface area contributed by atoms with E-state index in [1.54, 1.807) is 13.2 Å². The number of hydrogen-bond donors (Lipinski definition) is 3. The predicted octanol–water partition coefficient (Wildman–Crippen LogP) is 2.37. The Morgan fingerprint density at radius 2 is 1.78 bits per heavy atom. The molecule has 0 saturated carbocycles. The first-order chi connectivity index (χ1) is 11.2. The van der Waals surface area contributed by atoms with Crippen LogP contribution >= 0.6 is 12.2 Å². The van der Waals surface area contributed by atoms with Crippen LogP contribution in [0.3, 0.4) is 0 Å². The second kappa shape index (κ2) is 8.60. The van der Waals surface area contributed by atoms with Crippen molar-refractivity contribution in [2.45, 2.75) is 6.92 Å². The third-order valence-corrected chi connectivity index (χ3v) is 3.18. The average Bonchev–Trinajstić information content (AvgIpc) is 2.61. The van der Waals surface area contributed by atoms with Gasteiger partial charge in [0.2, 0.25) is 0 Å². The van der Waals surface area contributed by atoms with Gasteiger partial charge in [-0.3, -0.25) is 10.9 Å². The molecular weight excluding hydrogens is 308 g/mol. The number of benzene rings is 1. The van der Waals surface area contributed by atoms with Gasteiger partial charge in [-0.15, -0.1) is 0 Å². The van der Waals surface area contributed by atoms with Crippen LogP contribution in [0, 0.1) is 0 Å². The molecule has 2 aromatic rings. The van der Waals surface area contributed by atoms with E-state index in [4.69, 9.17) is 12.2 Å². The van der Waals surface area contributed by atoms with Gasteiger partial charge in [0, 0.05) is 18.8 Å². The van der Waals surface area contributed by atoms with Crippen LogP contribution in [0.5, 0.6) is 0 Å². The van der Waals surface area contributed by atoms with Crippen molar-refractivity contribution >= 4 is 34.6 Å². The van der Waals surface area contributed by atoms with Crippen molar-refractivity contribution < 1.29 is 0 Å². The smallest absolute Gasteiger partial charge is 0.186 e. The predicted molar refractivity (Wildman–Crippen MR) is 98.7 cm³/mol. The zero-order valence-electron chi connectivity index (χ0n) is 12.9. The van der Waals surface area contributed by atoms with E-state index in [9.17, 15) is 0 Å². The van der Waals surface area contributed by atoms with Crippen LogP contribution in [0.25, 0.3) is 0 Å². The van der Waals surface area contributed by atoms with Gasteiger partial charge in [0.05, 0.1) is 5.71 Å². The number of aromatic nitrogens is 1. The fourth-order valence-corrected chi connectivity index (χ4v) is 1.78. The maximum atomic E-state index is 5.02. The minimum absolute atomic E-state index is 0.439. The molecule has 0 amide bonds. The molecule has 1 aromatic heterocycles. The summed E-state index contributed by atoms with van der Waals surface area (Å²) in [5.74, 6) is 0.660. The number of anilines is 1. The molecule has 0 fully saturated rings. The second-order valence-corrected chi connectivity index (χ2v) is 4.95. The van der Waals surface area contributed by atoms with Crippen molar-refractivity contribution in [2.75, 3.05) is 12.5 Å². The molecule has 0 aliphatic carbocycles. The summed E-state index contributed by atoms with van der Waals surface area (Å²) in [5, 5.41) is 11.9. The van der Waals surface area contributed by atoms with Gasteiger partial charge < -0.3 is 5.32 Å². The second-order valence-electron chi connectivity index (χ2n) is 4.54. The van der Waals surface area contributed by atoms with Gasteiger partial charge in [-0.2, -0.15) is 10.2 Å². The summed E-state index contributed by atoms with van der Waals surface area (Å²) in [6.07, 6.45) is 1.70. The number of nitrogens with zero attached hydrogens (tertiary/aromatic N) is 3. The molecule has 7 heteroatoms. The monoisotopic (exact) mass is 326 g/mol. The topological polar surface area (TPSA) is 73.7 Å². The maximum absolute atomic E-state index is 5.02. The summed E-state index contributed by atoms with van der Waals surface area (Å²) in [6.45, 7) is 1.86. The van der Waals surface area contributed by atoms with Crippen molar-refractivity contribution in [3.63, 3.8) is 0 Å². The van der Waals surface area contributed by atoms with E-state index in [2.05, 4.69) is 31.4 Å². The standard InChI is InChI=1S/C16H18N6S/c1-12(19-22-16(23)17-2)15(13-8-4-3-5-9-13)21-20-14-10-6-7-11-18-14/h3-11H,1-2H3,(H,18,20)(H2,17,22,23)/b19-12+,21-15-. The lowest BCUT2D eigenvalue weighted by Crippen LogP contribution is -2.30. The summed E-state index contributed by atoms with van der Waals surface area (Å²) in [6, 6.07) is 15.4. The Hall–Kier alpha value is -2.80. The number of nitrogens with one attached hydrogen (secondary N) is 3. The summed E-state index contributed by atoms with van der Waals surface area (Å²) in [7, 11) is 1.73.